The van der Waals surface area contributed by atoms with Gasteiger partial charge in [0, 0.05) is 54.8 Å². The molecule has 0 saturated carbocycles. The van der Waals surface area contributed by atoms with Crippen LogP contribution in [0.15, 0.2) is 30.9 Å². The molecule has 3 aromatic rings. The monoisotopic (exact) mass is 996 g/mol. The molecule has 5 heterocycles. The molecule has 2 aliphatic rings. The fourth-order valence-corrected chi connectivity index (χ4v) is 1.21. The van der Waals surface area contributed by atoms with Gasteiger partial charge in [0.05, 0.1) is 15.4 Å². The van der Waals surface area contributed by atoms with Gasteiger partial charge in [-0.15, -0.1) is 10.2 Å². The van der Waals surface area contributed by atoms with Crippen molar-refractivity contribution in [1.82, 2.24) is 68.0 Å². The van der Waals surface area contributed by atoms with Gasteiger partial charge in [0.1, 0.15) is 18.9 Å². The van der Waals surface area contributed by atoms with E-state index in [0.717, 1.165) is 13.1 Å². The number of aromatic nitrogens is 12. The maximum Gasteiger partial charge on any atom is 1.00 e. The summed E-state index contributed by atoms with van der Waals surface area (Å²) >= 11 is 0.757. The fraction of sp³-hybridized carbons (Fsp3) is 0.286. The van der Waals surface area contributed by atoms with Gasteiger partial charge in [-0.1, -0.05) is 20.6 Å². The SMILES string of the molecule is NC1=NN=NC1.O.O.O.O.O=[N+]([O-])C1=NN=NC1.O=[N+]([O-])c1nn[nH]n1.O=[N+]([O-])c1nn[nH]n1.O=[N+]([O-])c1nnn[n-]1.[3H]N.[3H][NH-].[Cl][Cu][Cl].[Cu].[Cu].[Na+].[Na+].[Na+].[OH-]. The van der Waals surface area contributed by atoms with Crippen LogP contribution in [0.2, 0.25) is 2.82 Å². The first-order chi connectivity index (χ1) is 21.5. The predicted octanol–water partition coefficient (Wildman–Crippen LogP) is -13.5. The summed E-state index contributed by atoms with van der Waals surface area (Å²) in [5.74, 6) is -1.28. The number of rotatable bonds is 3. The minimum atomic E-state index is -0.764. The average Bonchev–Trinajstić information content (AvgIpc) is 3.88. The summed E-state index contributed by atoms with van der Waals surface area (Å²) in [5, 5.41) is 92.1. The Morgan fingerprint density at radius 2 is 1.17 bits per heavy atom. The first kappa shape index (κ1) is 79.7. The van der Waals surface area contributed by atoms with E-state index in [4.69, 9.17) is 14.7 Å². The van der Waals surface area contributed by atoms with Crippen molar-refractivity contribution in [2.24, 2.45) is 36.6 Å². The van der Waals surface area contributed by atoms with Crippen molar-refractivity contribution in [3.63, 3.8) is 0 Å². The van der Waals surface area contributed by atoms with Crippen LogP contribution < -0.4 is 106 Å². The van der Waals surface area contributed by atoms with E-state index in [0.29, 0.717) is 12.4 Å². The van der Waals surface area contributed by atoms with Crippen molar-refractivity contribution in [3.8, 4) is 0 Å². The molecule has 2 radical (unpaired) electrons. The molecule has 303 valence electrons. The summed E-state index contributed by atoms with van der Waals surface area (Å²) in [5.41, 5.74) is 5.10. The Hall–Kier alpha value is -1.99. The number of nitrogens with two attached hydrogens (primary N) is 2. The minimum Gasteiger partial charge on any atom is -0.870 e. The Kier molecular flexibility index (Phi) is 85.3. The van der Waals surface area contributed by atoms with Gasteiger partial charge in [-0.3, -0.25) is 0 Å². The van der Waals surface area contributed by atoms with Gasteiger partial charge in [0.15, 0.2) is 6.54 Å². The molecule has 0 unspecified atom stereocenters. The Bertz CT molecular complexity index is 1250. The molecule has 2 aliphatic heterocycles. The quantitative estimate of drug-likeness (QED) is 0.107. The Balaban J connectivity index is -0.0000000336. The van der Waals surface area contributed by atoms with Gasteiger partial charge in [-0.05, 0) is 30.4 Å². The first-order valence-electron chi connectivity index (χ1n) is 9.77. The molecule has 18 N–H and O–H groups in total. The molecule has 0 aliphatic carbocycles. The molecule has 46 heteroatoms. The van der Waals surface area contributed by atoms with E-state index in [9.17, 15) is 40.5 Å². The van der Waals surface area contributed by atoms with E-state index in [1.807, 2.05) is 10.4 Å². The van der Waals surface area contributed by atoms with E-state index in [1.165, 1.54) is 0 Å². The molecular weight excluding hydrogens is 973 g/mol. The van der Waals surface area contributed by atoms with Crippen molar-refractivity contribution in [2.75, 3.05) is 13.1 Å². The number of hydrogen-bond donors (Lipinski definition) is 4. The Morgan fingerprint density at radius 3 is 1.30 bits per heavy atom. The van der Waals surface area contributed by atoms with Crippen LogP contribution in [0, 0.1) is 40.5 Å². The van der Waals surface area contributed by atoms with Crippen molar-refractivity contribution >= 4 is 49.7 Å². The van der Waals surface area contributed by atoms with Gasteiger partial charge in [-0.2, -0.15) is 11.4 Å². The van der Waals surface area contributed by atoms with Gasteiger partial charge >= 0.3 is 140 Å². The number of aromatic amines is 2. The number of hydrogen-bond acceptors (Lipinski definition) is 26. The van der Waals surface area contributed by atoms with Crippen LogP contribution in [0.5, 0.6) is 0 Å². The van der Waals surface area contributed by atoms with Gasteiger partial charge in [0.2, 0.25) is 0 Å². The summed E-state index contributed by atoms with van der Waals surface area (Å²) in [4.78, 5) is 36.0. The van der Waals surface area contributed by atoms with Gasteiger partial charge in [-0.25, -0.2) is 0 Å². The zero-order valence-corrected chi connectivity index (χ0v) is 36.2. The van der Waals surface area contributed by atoms with Crippen LogP contribution in [0.4, 0.5) is 17.8 Å². The van der Waals surface area contributed by atoms with Gasteiger partial charge in [0.25, 0.3) is 5.95 Å². The van der Waals surface area contributed by atoms with Crippen LogP contribution in [0.1, 0.15) is 0 Å². The smallest absolute Gasteiger partial charge is 0.870 e. The summed E-state index contributed by atoms with van der Waals surface area (Å²) in [6, 6.07) is 0. The Morgan fingerprint density at radius 1 is 0.774 bits per heavy atom. The number of amidine groups is 2. The van der Waals surface area contributed by atoms with Crippen LogP contribution in [-0.4, -0.2) is 129 Å². The number of tetrazole rings is 3. The second kappa shape index (κ2) is 56.7. The normalized spacial score (nSPS) is 9.28. The average molecular weight is 999 g/mol. The molecular formula is C7H22Cl2Cu3N25Na3O13. The van der Waals surface area contributed by atoms with Crippen LogP contribution >= 0.6 is 20.2 Å². The van der Waals surface area contributed by atoms with Crippen molar-refractivity contribution in [1.29, 1.82) is 0 Å². The second-order valence-electron chi connectivity index (χ2n) is 5.06. The summed E-state index contributed by atoms with van der Waals surface area (Å²) in [6.45, 7) is 0.479. The van der Waals surface area contributed by atoms with Crippen LogP contribution in [0.25, 0.3) is 6.14 Å². The molecule has 3 aromatic heterocycles. The van der Waals surface area contributed by atoms with Crippen LogP contribution in [0.3, 0.4) is 0 Å². The second-order valence-corrected chi connectivity index (χ2v) is 6.61. The third-order valence-corrected chi connectivity index (χ3v) is 2.58. The molecule has 0 saturated heterocycles. The molecule has 0 amide bonds. The standard InChI is InChI=1S/C2H2N4O2.C2H4N4.2CHN5O2.CN5O2.2ClH.3Cu.H3N.H2N.3Na.5H2O/c7-6(8)2-1-3-5-4-2;3-2-1-4-6-5-2;3*7-6(8)1-2-4-5-3-1;;;;;;;;;;;;;;;/h1H2;1H2,(H2,3,4,5);2*(H,2,3,4,5);;2*1H;;;;1H3;1H2;;;;5*1H2/q;;;;-1;;;;;+2;;-1;3*+1;;;;;/p-3/i/hT2. The largest absolute Gasteiger partial charge is 1.00 e. The first-order valence-corrected chi connectivity index (χ1v) is 11.3. The molecule has 0 spiro atoms. The number of nitrogens with one attached hydrogen (secondary N) is 2. The Labute approximate surface area is 395 Å². The summed E-state index contributed by atoms with van der Waals surface area (Å²) < 4.78 is 10.2. The molecule has 38 nitrogen and oxygen atoms in total. The van der Waals surface area contributed by atoms with Crippen molar-refractivity contribution in [2.45, 2.75) is 0 Å². The molecule has 0 fully saturated rings. The summed E-state index contributed by atoms with van der Waals surface area (Å²) in [6.07, 6.45) is 8.75. The van der Waals surface area contributed by atoms with Gasteiger partial charge < -0.3 is 85.9 Å². The molecule has 5 rings (SSSR count). The zero-order chi connectivity index (χ0) is 35.0. The van der Waals surface area contributed by atoms with E-state index < -0.39 is 37.5 Å². The van der Waals surface area contributed by atoms with E-state index in [1.54, 1.807) is 0 Å². The number of nitrogens with zero attached hydrogens (tertiary/aromatic N) is 20. The molecule has 0 aromatic carbocycles. The van der Waals surface area contributed by atoms with E-state index in [2.05, 4.69) is 109 Å². The molecule has 53 heavy (non-hydrogen) atoms. The molecule has 0 bridgehead atoms. The fourth-order valence-electron chi connectivity index (χ4n) is 1.21. The summed E-state index contributed by atoms with van der Waals surface area (Å²) in [7, 11) is 9.34. The predicted molar refractivity (Wildman–Crippen MR) is 145 cm³/mol. The molecule has 0 atom stereocenters. The zero-order valence-electron chi connectivity index (χ0n) is 27.9. The van der Waals surface area contributed by atoms with Crippen LogP contribution in [-0.2, 0) is 47.3 Å². The topological polar surface area (TPSA) is 659 Å². The van der Waals surface area contributed by atoms with E-state index in [-0.39, 0.29) is 163 Å². The van der Waals surface area contributed by atoms with Crippen molar-refractivity contribution in [3.05, 3.63) is 46.6 Å². The van der Waals surface area contributed by atoms with Crippen molar-refractivity contribution < 1.29 is 186 Å². The van der Waals surface area contributed by atoms with E-state index >= 15 is 0 Å². The number of nitro groups is 4. The third-order valence-electron chi connectivity index (χ3n) is 2.58. The third kappa shape index (κ3) is 48.0. The number of halogens is 2. The number of H-pyrrole nitrogens is 2. The maximum atomic E-state index is 9.76. The maximum absolute atomic E-state index is 9.76. The minimum absolute atomic E-state index is 0.